The first kappa shape index (κ1) is 17.7. The first-order chi connectivity index (χ1) is 13.1. The fraction of sp³-hybridized carbons (Fsp3) is 0.312. The third-order valence-corrected chi connectivity index (χ3v) is 6.30. The van der Waals surface area contributed by atoms with Gasteiger partial charge in [-0.3, -0.25) is 9.59 Å². The number of furan rings is 1. The van der Waals surface area contributed by atoms with Crippen LogP contribution in [0, 0.1) is 0 Å². The summed E-state index contributed by atoms with van der Waals surface area (Å²) in [6.07, 6.45) is 4.35. The molecule has 4 rings (SSSR count). The number of rotatable bonds is 7. The number of aryl methyl sites for hydroxylation is 1. The van der Waals surface area contributed by atoms with E-state index in [0.717, 1.165) is 29.7 Å². The van der Waals surface area contributed by atoms with Crippen molar-refractivity contribution in [1.29, 1.82) is 0 Å². The quantitative estimate of drug-likeness (QED) is 0.573. The lowest BCUT2D eigenvalue weighted by atomic mass is 10.1. The highest BCUT2D eigenvalue weighted by Crippen LogP contribution is 2.38. The number of nitrogens with two attached hydrogens (primary N) is 1. The van der Waals surface area contributed by atoms with Gasteiger partial charge in [0.1, 0.15) is 17.3 Å². The van der Waals surface area contributed by atoms with Gasteiger partial charge in [0.15, 0.2) is 0 Å². The highest BCUT2D eigenvalue weighted by molar-refractivity contribution is 7.99. The van der Waals surface area contributed by atoms with Gasteiger partial charge in [-0.2, -0.15) is 0 Å². The van der Waals surface area contributed by atoms with Gasteiger partial charge in [0.25, 0.3) is 5.91 Å². The van der Waals surface area contributed by atoms with Crippen LogP contribution in [0.1, 0.15) is 33.0 Å². The van der Waals surface area contributed by atoms with Crippen LogP contribution in [0.3, 0.4) is 0 Å². The van der Waals surface area contributed by atoms with Crippen molar-refractivity contribution in [2.75, 3.05) is 11.1 Å². The average molecular weight is 404 g/mol. The van der Waals surface area contributed by atoms with E-state index in [-0.39, 0.29) is 11.7 Å². The topological polar surface area (TPSA) is 129 Å². The number of carbonyl (C=O) groups excluding carboxylic acids is 2. The Morgan fingerprint density at radius 3 is 3.07 bits per heavy atom. The summed E-state index contributed by atoms with van der Waals surface area (Å²) in [6, 6.07) is 3.61. The van der Waals surface area contributed by atoms with Gasteiger partial charge in [-0.25, -0.2) is 4.68 Å². The second-order valence-corrected chi connectivity index (χ2v) is 8.01. The number of fused-ring (bicyclic) bond motifs is 1. The van der Waals surface area contributed by atoms with Crippen molar-refractivity contribution in [3.63, 3.8) is 0 Å². The van der Waals surface area contributed by atoms with E-state index in [1.807, 2.05) is 6.07 Å². The van der Waals surface area contributed by atoms with Gasteiger partial charge in [-0.15, -0.1) is 16.4 Å². The van der Waals surface area contributed by atoms with Gasteiger partial charge in [-0.1, -0.05) is 11.8 Å². The maximum atomic E-state index is 12.4. The first-order valence-electron chi connectivity index (χ1n) is 8.27. The van der Waals surface area contributed by atoms with Crippen LogP contribution in [0.4, 0.5) is 5.00 Å². The van der Waals surface area contributed by atoms with E-state index < -0.39 is 5.91 Å². The molecular formula is C16H16N6O3S2. The average Bonchev–Trinajstić information content (AvgIpc) is 3.37. The molecule has 140 valence electrons. The summed E-state index contributed by atoms with van der Waals surface area (Å²) in [7, 11) is 0. The van der Waals surface area contributed by atoms with Gasteiger partial charge < -0.3 is 15.5 Å². The molecule has 3 aromatic rings. The predicted octanol–water partition coefficient (Wildman–Crippen LogP) is 1.69. The summed E-state index contributed by atoms with van der Waals surface area (Å²) in [4.78, 5) is 25.3. The number of thiophene rings is 1. The Bertz CT molecular complexity index is 979. The summed E-state index contributed by atoms with van der Waals surface area (Å²) in [5.74, 6) is 0.0850. The highest BCUT2D eigenvalue weighted by Gasteiger charge is 2.26. The van der Waals surface area contributed by atoms with E-state index in [9.17, 15) is 9.59 Å². The second kappa shape index (κ2) is 7.53. The number of amides is 2. The zero-order valence-electron chi connectivity index (χ0n) is 14.2. The molecule has 0 aromatic carbocycles. The lowest BCUT2D eigenvalue weighted by Crippen LogP contribution is -2.19. The van der Waals surface area contributed by atoms with Crippen LogP contribution >= 0.6 is 23.1 Å². The fourth-order valence-electron chi connectivity index (χ4n) is 2.99. The van der Waals surface area contributed by atoms with Crippen molar-refractivity contribution in [2.24, 2.45) is 5.73 Å². The minimum Gasteiger partial charge on any atom is -0.467 e. The minimum atomic E-state index is -0.500. The number of hydrogen-bond acceptors (Lipinski definition) is 8. The van der Waals surface area contributed by atoms with E-state index in [0.29, 0.717) is 28.0 Å². The van der Waals surface area contributed by atoms with Gasteiger partial charge >= 0.3 is 0 Å². The lowest BCUT2D eigenvalue weighted by molar-refractivity contribution is -0.113. The van der Waals surface area contributed by atoms with Gasteiger partial charge in [0, 0.05) is 4.88 Å². The molecule has 0 atom stereocenters. The molecule has 0 saturated heterocycles. The zero-order valence-corrected chi connectivity index (χ0v) is 15.8. The maximum absolute atomic E-state index is 12.4. The van der Waals surface area contributed by atoms with Crippen molar-refractivity contribution < 1.29 is 14.0 Å². The molecule has 0 unspecified atom stereocenters. The molecule has 0 bridgehead atoms. The van der Waals surface area contributed by atoms with E-state index in [4.69, 9.17) is 10.2 Å². The van der Waals surface area contributed by atoms with Crippen LogP contribution in [0.2, 0.25) is 0 Å². The number of nitrogens with one attached hydrogen (secondary N) is 1. The van der Waals surface area contributed by atoms with Crippen LogP contribution in [0.5, 0.6) is 0 Å². The third kappa shape index (κ3) is 3.74. The van der Waals surface area contributed by atoms with Crippen LogP contribution in [0.25, 0.3) is 0 Å². The van der Waals surface area contributed by atoms with Crippen LogP contribution < -0.4 is 11.1 Å². The standard InChI is InChI=1S/C16H16N6O3S2/c17-14(24)13-10-4-1-5-11(10)27-15(13)18-12(23)8-26-16-19-20-21-22(16)7-9-3-2-6-25-9/h2-3,6H,1,4-5,7-8H2,(H2,17,24)(H,18,23). The number of nitrogens with zero attached hydrogens (tertiary/aromatic N) is 4. The van der Waals surface area contributed by atoms with Crippen LogP contribution in [-0.4, -0.2) is 37.8 Å². The molecule has 0 fully saturated rings. The van der Waals surface area contributed by atoms with Crippen LogP contribution in [0.15, 0.2) is 28.0 Å². The zero-order chi connectivity index (χ0) is 18.8. The Morgan fingerprint density at radius 2 is 2.30 bits per heavy atom. The lowest BCUT2D eigenvalue weighted by Gasteiger charge is -2.06. The molecule has 27 heavy (non-hydrogen) atoms. The molecule has 0 aliphatic heterocycles. The largest absolute Gasteiger partial charge is 0.467 e. The summed E-state index contributed by atoms with van der Waals surface area (Å²) >= 11 is 2.64. The summed E-state index contributed by atoms with van der Waals surface area (Å²) < 4.78 is 6.85. The smallest absolute Gasteiger partial charge is 0.251 e. The number of anilines is 1. The number of primary amides is 1. The molecule has 0 spiro atoms. The highest BCUT2D eigenvalue weighted by atomic mass is 32.2. The number of hydrogen-bond donors (Lipinski definition) is 2. The molecule has 1 aliphatic rings. The van der Waals surface area contributed by atoms with E-state index in [1.165, 1.54) is 23.1 Å². The fourth-order valence-corrected chi connectivity index (χ4v) is 4.98. The van der Waals surface area contributed by atoms with E-state index in [1.54, 1.807) is 17.0 Å². The van der Waals surface area contributed by atoms with Crippen molar-refractivity contribution in [3.05, 3.63) is 40.2 Å². The Balaban J connectivity index is 1.40. The Labute approximate surface area is 162 Å². The Hall–Kier alpha value is -2.66. The number of tetrazole rings is 1. The van der Waals surface area contributed by atoms with Crippen molar-refractivity contribution in [3.8, 4) is 0 Å². The monoisotopic (exact) mass is 404 g/mol. The summed E-state index contributed by atoms with van der Waals surface area (Å²) in [6.45, 7) is 0.382. The van der Waals surface area contributed by atoms with Crippen molar-refractivity contribution >= 4 is 39.9 Å². The van der Waals surface area contributed by atoms with Crippen LogP contribution in [-0.2, 0) is 24.2 Å². The molecule has 2 amide bonds. The molecule has 3 N–H and O–H groups in total. The molecule has 3 heterocycles. The molecule has 9 nitrogen and oxygen atoms in total. The Kier molecular flexibility index (Phi) is 4.94. The molecule has 1 aliphatic carbocycles. The number of thioether (sulfide) groups is 1. The Morgan fingerprint density at radius 1 is 1.41 bits per heavy atom. The van der Waals surface area contributed by atoms with Gasteiger partial charge in [-0.05, 0) is 47.4 Å². The van der Waals surface area contributed by atoms with Gasteiger partial charge in [0.05, 0.1) is 17.6 Å². The third-order valence-electron chi connectivity index (χ3n) is 4.14. The molecule has 0 radical (unpaired) electrons. The van der Waals surface area contributed by atoms with Crippen molar-refractivity contribution in [2.45, 2.75) is 31.0 Å². The molecule has 0 saturated carbocycles. The summed E-state index contributed by atoms with van der Waals surface area (Å²) in [5, 5.41) is 15.3. The molecule has 3 aromatic heterocycles. The van der Waals surface area contributed by atoms with Crippen molar-refractivity contribution in [1.82, 2.24) is 20.2 Å². The SMILES string of the molecule is NC(=O)c1c(NC(=O)CSc2nnnn2Cc2ccco2)sc2c1CCC2. The molecular weight excluding hydrogens is 388 g/mol. The van der Waals surface area contributed by atoms with Gasteiger partial charge in [0.2, 0.25) is 11.1 Å². The maximum Gasteiger partial charge on any atom is 0.251 e. The molecule has 11 heteroatoms. The predicted molar refractivity (Wildman–Crippen MR) is 99.8 cm³/mol. The van der Waals surface area contributed by atoms with E-state index in [2.05, 4.69) is 20.8 Å². The first-order valence-corrected chi connectivity index (χ1v) is 10.1. The van der Waals surface area contributed by atoms with E-state index >= 15 is 0 Å². The summed E-state index contributed by atoms with van der Waals surface area (Å²) in [5.41, 5.74) is 6.95. The minimum absolute atomic E-state index is 0.110. The second-order valence-electron chi connectivity index (χ2n) is 5.96. The number of carbonyl (C=O) groups is 2. The number of aromatic nitrogens is 4. The normalized spacial score (nSPS) is 12.9.